The molecule has 2 amide bonds. The highest BCUT2D eigenvalue weighted by Gasteiger charge is 2.33. The maximum absolute atomic E-state index is 12.7. The smallest absolute Gasteiger partial charge is 0.303 e. The molecule has 2 heterocycles. The second-order valence-corrected chi connectivity index (χ2v) is 6.61. The Morgan fingerprint density at radius 1 is 1.29 bits per heavy atom. The summed E-state index contributed by atoms with van der Waals surface area (Å²) in [7, 11) is 0. The van der Waals surface area contributed by atoms with E-state index in [1.165, 1.54) is 0 Å². The van der Waals surface area contributed by atoms with Crippen LogP contribution in [0.5, 0.6) is 5.75 Å². The Morgan fingerprint density at radius 2 is 2.04 bits per heavy atom. The van der Waals surface area contributed by atoms with Crippen molar-refractivity contribution in [1.29, 1.82) is 0 Å². The van der Waals surface area contributed by atoms with Crippen molar-refractivity contribution in [1.82, 2.24) is 5.16 Å². The zero-order chi connectivity index (χ0) is 20.4. The van der Waals surface area contributed by atoms with Crippen LogP contribution in [-0.4, -0.2) is 34.2 Å². The van der Waals surface area contributed by atoms with Crippen LogP contribution < -0.4 is 15.0 Å². The average molecular weight is 387 g/mol. The van der Waals surface area contributed by atoms with Crippen molar-refractivity contribution in [2.75, 3.05) is 10.2 Å². The molecule has 1 atom stereocenters. The van der Waals surface area contributed by atoms with Crippen LogP contribution in [0.4, 0.5) is 11.4 Å². The van der Waals surface area contributed by atoms with Crippen LogP contribution in [-0.2, 0) is 20.9 Å². The van der Waals surface area contributed by atoms with Gasteiger partial charge in [-0.15, -0.1) is 0 Å². The normalized spacial score (nSPS) is 15.8. The Labute approximate surface area is 161 Å². The van der Waals surface area contributed by atoms with Gasteiger partial charge in [-0.3, -0.25) is 14.4 Å². The quantitative estimate of drug-likeness (QED) is 0.780. The number of carboxylic acids is 1. The number of hydrogen-bond acceptors (Lipinski definition) is 6. The van der Waals surface area contributed by atoms with Crippen molar-refractivity contribution in [2.45, 2.75) is 46.3 Å². The minimum Gasteiger partial charge on any atom is -0.481 e. The molecule has 2 N–H and O–H groups in total. The summed E-state index contributed by atoms with van der Waals surface area (Å²) in [5.74, 6) is -0.538. The molecule has 28 heavy (non-hydrogen) atoms. The number of nitrogens with one attached hydrogen (secondary N) is 1. The SMILES string of the molecule is Cc1noc(C)c1CN1C(=O)C(C)Oc2ccc(NC(=O)CCC(=O)O)cc21. The van der Waals surface area contributed by atoms with E-state index in [1.807, 2.05) is 0 Å². The Morgan fingerprint density at radius 3 is 2.68 bits per heavy atom. The number of aromatic nitrogens is 1. The van der Waals surface area contributed by atoms with E-state index in [1.54, 1.807) is 43.9 Å². The minimum atomic E-state index is -1.04. The highest BCUT2D eigenvalue weighted by molar-refractivity contribution is 6.01. The number of fused-ring (bicyclic) bond motifs is 1. The topological polar surface area (TPSA) is 122 Å². The summed E-state index contributed by atoms with van der Waals surface area (Å²) in [5, 5.41) is 15.3. The van der Waals surface area contributed by atoms with E-state index in [0.29, 0.717) is 28.6 Å². The highest BCUT2D eigenvalue weighted by atomic mass is 16.5. The van der Waals surface area contributed by atoms with Crippen molar-refractivity contribution in [3.63, 3.8) is 0 Å². The molecule has 148 valence electrons. The number of carboxylic acid groups (broad SMARTS) is 1. The van der Waals surface area contributed by atoms with E-state index in [9.17, 15) is 14.4 Å². The van der Waals surface area contributed by atoms with Gasteiger partial charge < -0.3 is 24.6 Å². The van der Waals surface area contributed by atoms with Crippen LogP contribution in [0.25, 0.3) is 0 Å². The fourth-order valence-corrected chi connectivity index (χ4v) is 2.98. The first-order valence-corrected chi connectivity index (χ1v) is 8.81. The molecule has 0 aliphatic carbocycles. The van der Waals surface area contributed by atoms with Crippen LogP contribution in [0.1, 0.15) is 36.8 Å². The molecule has 3 rings (SSSR count). The lowest BCUT2D eigenvalue weighted by Crippen LogP contribution is -2.44. The summed E-state index contributed by atoms with van der Waals surface area (Å²) in [5.41, 5.74) is 2.47. The van der Waals surface area contributed by atoms with E-state index < -0.39 is 18.0 Å². The van der Waals surface area contributed by atoms with Gasteiger partial charge in [0.2, 0.25) is 5.91 Å². The van der Waals surface area contributed by atoms with Gasteiger partial charge in [0.25, 0.3) is 5.91 Å². The number of aryl methyl sites for hydroxylation is 2. The van der Waals surface area contributed by atoms with E-state index in [2.05, 4.69) is 10.5 Å². The molecule has 9 heteroatoms. The summed E-state index contributed by atoms with van der Waals surface area (Å²) in [6.45, 7) is 5.52. The largest absolute Gasteiger partial charge is 0.481 e. The molecule has 0 saturated carbocycles. The molecule has 0 saturated heterocycles. The standard InChI is InChI=1S/C19H21N3O6/c1-10-14(11(2)28-21-10)9-22-15-8-13(20-17(23)6-7-18(24)25)4-5-16(15)27-12(3)19(22)26/h4-5,8,12H,6-7,9H2,1-3H3,(H,20,23)(H,24,25). The average Bonchev–Trinajstić information content (AvgIpc) is 2.96. The number of rotatable bonds is 6. The summed E-state index contributed by atoms with van der Waals surface area (Å²) < 4.78 is 10.9. The first-order valence-electron chi connectivity index (χ1n) is 8.81. The van der Waals surface area contributed by atoms with Gasteiger partial charge in [-0.2, -0.15) is 0 Å². The second kappa shape index (κ2) is 7.71. The molecule has 1 unspecified atom stereocenters. The predicted molar refractivity (Wildman–Crippen MR) is 99.2 cm³/mol. The van der Waals surface area contributed by atoms with Crippen LogP contribution in [0, 0.1) is 13.8 Å². The predicted octanol–water partition coefficient (Wildman–Crippen LogP) is 2.41. The molecule has 0 bridgehead atoms. The molecular weight excluding hydrogens is 366 g/mol. The lowest BCUT2D eigenvalue weighted by molar-refractivity contribution is -0.138. The Balaban J connectivity index is 1.88. The third-order valence-electron chi connectivity index (χ3n) is 4.51. The maximum atomic E-state index is 12.7. The number of nitrogens with zero attached hydrogens (tertiary/aromatic N) is 2. The fourth-order valence-electron chi connectivity index (χ4n) is 2.98. The number of carbonyl (C=O) groups excluding carboxylic acids is 2. The van der Waals surface area contributed by atoms with Crippen molar-refractivity contribution >= 4 is 29.2 Å². The van der Waals surface area contributed by atoms with E-state index in [4.69, 9.17) is 14.4 Å². The summed E-state index contributed by atoms with van der Waals surface area (Å²) in [4.78, 5) is 36.8. The number of benzene rings is 1. The van der Waals surface area contributed by atoms with Gasteiger partial charge in [0.05, 0.1) is 24.3 Å². The number of hydrogen-bond donors (Lipinski definition) is 2. The third kappa shape index (κ3) is 3.98. The Hall–Kier alpha value is -3.36. The third-order valence-corrected chi connectivity index (χ3v) is 4.51. The zero-order valence-corrected chi connectivity index (χ0v) is 15.8. The van der Waals surface area contributed by atoms with E-state index in [0.717, 1.165) is 5.56 Å². The number of aliphatic carboxylic acids is 1. The van der Waals surface area contributed by atoms with Crippen molar-refractivity contribution in [2.24, 2.45) is 0 Å². The summed E-state index contributed by atoms with van der Waals surface area (Å²) >= 11 is 0. The number of anilines is 2. The lowest BCUT2D eigenvalue weighted by Gasteiger charge is -2.33. The van der Waals surface area contributed by atoms with Crippen molar-refractivity contribution < 1.29 is 28.8 Å². The first-order chi connectivity index (χ1) is 13.3. The first kappa shape index (κ1) is 19.4. The van der Waals surface area contributed by atoms with Crippen LogP contribution >= 0.6 is 0 Å². The summed E-state index contributed by atoms with van der Waals surface area (Å²) in [6, 6.07) is 4.95. The molecule has 1 aromatic carbocycles. The van der Waals surface area contributed by atoms with Crippen molar-refractivity contribution in [3.05, 3.63) is 35.2 Å². The van der Waals surface area contributed by atoms with E-state index in [-0.39, 0.29) is 25.3 Å². The van der Waals surface area contributed by atoms with Crippen LogP contribution in [0.3, 0.4) is 0 Å². The fraction of sp³-hybridized carbons (Fsp3) is 0.368. The molecule has 2 aromatic rings. The highest BCUT2D eigenvalue weighted by Crippen LogP contribution is 2.37. The molecule has 9 nitrogen and oxygen atoms in total. The maximum Gasteiger partial charge on any atom is 0.303 e. The van der Waals surface area contributed by atoms with Gasteiger partial charge >= 0.3 is 5.97 Å². The summed E-state index contributed by atoms with van der Waals surface area (Å²) in [6.07, 6.45) is -1.04. The van der Waals surface area contributed by atoms with Crippen molar-refractivity contribution in [3.8, 4) is 5.75 Å². The van der Waals surface area contributed by atoms with Gasteiger partial charge in [0.15, 0.2) is 6.10 Å². The van der Waals surface area contributed by atoms with E-state index >= 15 is 0 Å². The van der Waals surface area contributed by atoms with Gasteiger partial charge in [0, 0.05) is 17.7 Å². The van der Waals surface area contributed by atoms with Gasteiger partial charge in [-0.1, -0.05) is 5.16 Å². The molecule has 1 aromatic heterocycles. The van der Waals surface area contributed by atoms with Gasteiger partial charge in [-0.25, -0.2) is 0 Å². The van der Waals surface area contributed by atoms with Crippen LogP contribution in [0.15, 0.2) is 22.7 Å². The zero-order valence-electron chi connectivity index (χ0n) is 15.8. The Bertz CT molecular complexity index is 916. The van der Waals surface area contributed by atoms with Crippen LogP contribution in [0.2, 0.25) is 0 Å². The number of carbonyl (C=O) groups is 3. The number of amides is 2. The Kier molecular flexibility index (Phi) is 5.34. The molecule has 0 radical (unpaired) electrons. The molecular formula is C19H21N3O6. The second-order valence-electron chi connectivity index (χ2n) is 6.61. The monoisotopic (exact) mass is 387 g/mol. The van der Waals surface area contributed by atoms with Gasteiger partial charge in [-0.05, 0) is 39.0 Å². The minimum absolute atomic E-state index is 0.137. The lowest BCUT2D eigenvalue weighted by atomic mass is 10.1. The molecule has 1 aliphatic rings. The molecule has 1 aliphatic heterocycles. The number of ether oxygens (including phenoxy) is 1. The molecule has 0 fully saturated rings. The van der Waals surface area contributed by atoms with Gasteiger partial charge in [0.1, 0.15) is 11.5 Å². The molecule has 0 spiro atoms.